The van der Waals surface area contributed by atoms with E-state index in [1.807, 2.05) is 29.6 Å². The van der Waals surface area contributed by atoms with Gasteiger partial charge in [-0.25, -0.2) is 0 Å². The Labute approximate surface area is 223 Å². The van der Waals surface area contributed by atoms with Crippen LogP contribution in [0.4, 0.5) is 17.1 Å². The second kappa shape index (κ2) is 9.93. The molecule has 0 aliphatic carbocycles. The van der Waals surface area contributed by atoms with Crippen LogP contribution in [0.15, 0.2) is 91.5 Å². The summed E-state index contributed by atoms with van der Waals surface area (Å²) < 4.78 is 0. The van der Waals surface area contributed by atoms with Gasteiger partial charge in [-0.2, -0.15) is 0 Å². The van der Waals surface area contributed by atoms with Crippen LogP contribution in [0, 0.1) is 27.7 Å². The Kier molecular flexibility index (Phi) is 6.70. The van der Waals surface area contributed by atoms with Gasteiger partial charge in [0, 0.05) is 36.6 Å². The Morgan fingerprint density at radius 3 is 1.25 bits per heavy atom. The van der Waals surface area contributed by atoms with Crippen LogP contribution in [0.25, 0.3) is 26.5 Å². The molecule has 0 aliphatic heterocycles. The summed E-state index contributed by atoms with van der Waals surface area (Å²) >= 11 is 3.72. The molecule has 180 valence electrons. The molecule has 0 bridgehead atoms. The van der Waals surface area contributed by atoms with Crippen molar-refractivity contribution in [2.24, 2.45) is 0 Å². The molecular formula is C33H31NS2. The van der Waals surface area contributed by atoms with Crippen LogP contribution < -0.4 is 4.90 Å². The molecule has 36 heavy (non-hydrogen) atoms. The minimum absolute atomic E-state index is 1.07. The quantitative estimate of drug-likeness (QED) is 0.222. The van der Waals surface area contributed by atoms with Crippen molar-refractivity contribution in [2.45, 2.75) is 34.6 Å². The van der Waals surface area contributed by atoms with Crippen molar-refractivity contribution in [3.8, 4) is 20.9 Å². The van der Waals surface area contributed by atoms with E-state index >= 15 is 0 Å². The van der Waals surface area contributed by atoms with E-state index in [1.54, 1.807) is 0 Å². The Morgan fingerprint density at radius 2 is 0.944 bits per heavy atom. The molecule has 2 aromatic heterocycles. The van der Waals surface area contributed by atoms with E-state index in [0.29, 0.717) is 0 Å². The van der Waals surface area contributed by atoms with Crippen LogP contribution in [-0.2, 0) is 0 Å². The van der Waals surface area contributed by atoms with Crippen molar-refractivity contribution in [2.75, 3.05) is 4.90 Å². The fourth-order valence-corrected chi connectivity index (χ4v) is 6.40. The van der Waals surface area contributed by atoms with E-state index in [-0.39, 0.29) is 0 Å². The van der Waals surface area contributed by atoms with Crippen LogP contribution in [0.3, 0.4) is 0 Å². The van der Waals surface area contributed by atoms with Gasteiger partial charge in [0.05, 0.1) is 0 Å². The predicted molar refractivity (Wildman–Crippen MR) is 161 cm³/mol. The van der Waals surface area contributed by atoms with Crippen molar-refractivity contribution in [1.29, 1.82) is 0 Å². The fraction of sp³-hybridized carbons (Fsp3) is 0.152. The molecule has 0 unspecified atom stereocenters. The van der Waals surface area contributed by atoms with Gasteiger partial charge < -0.3 is 4.90 Å². The van der Waals surface area contributed by atoms with Crippen molar-refractivity contribution in [1.82, 2.24) is 0 Å². The monoisotopic (exact) mass is 505 g/mol. The zero-order valence-electron chi connectivity index (χ0n) is 21.6. The van der Waals surface area contributed by atoms with Gasteiger partial charge in [-0.15, -0.1) is 22.7 Å². The summed E-state index contributed by atoms with van der Waals surface area (Å²) in [4.78, 5) is 7.72. The number of anilines is 3. The molecule has 5 aromatic rings. The Morgan fingerprint density at radius 1 is 0.583 bits per heavy atom. The average molecular weight is 506 g/mol. The smallest absolute Gasteiger partial charge is 0.0462 e. The van der Waals surface area contributed by atoms with Crippen molar-refractivity contribution < 1.29 is 0 Å². The van der Waals surface area contributed by atoms with E-state index in [4.69, 9.17) is 0 Å². The number of allylic oxidation sites excluding steroid dienone is 1. The van der Waals surface area contributed by atoms with Crippen molar-refractivity contribution >= 4 is 45.3 Å². The molecule has 0 spiro atoms. The minimum Gasteiger partial charge on any atom is -0.311 e. The maximum Gasteiger partial charge on any atom is 0.0462 e. The lowest BCUT2D eigenvalue weighted by Crippen LogP contribution is -2.09. The van der Waals surface area contributed by atoms with Crippen LogP contribution in [0.1, 0.15) is 33.4 Å². The van der Waals surface area contributed by atoms with E-state index in [9.17, 15) is 0 Å². The number of thiophene rings is 2. The number of aryl methyl sites for hydroxylation is 4. The highest BCUT2D eigenvalue weighted by Crippen LogP contribution is 2.39. The normalized spacial score (nSPS) is 11.0. The second-order valence-corrected chi connectivity index (χ2v) is 12.0. The number of rotatable bonds is 6. The summed E-state index contributed by atoms with van der Waals surface area (Å²) in [5, 5.41) is 0. The molecule has 0 atom stereocenters. The minimum atomic E-state index is 1.07. The van der Waals surface area contributed by atoms with Gasteiger partial charge in [0.1, 0.15) is 0 Å². The maximum atomic E-state index is 4.10. The SMILES string of the molecule is C=C(C)c1ccc(N(c2ccc(-c3cc(C)c(C)s3)cc2)c2ccc(-c3cc(C)c(C)s3)cc2)cc1. The van der Waals surface area contributed by atoms with Gasteiger partial charge in [-0.05, 0) is 111 Å². The van der Waals surface area contributed by atoms with Gasteiger partial charge >= 0.3 is 0 Å². The molecule has 3 heteroatoms. The largest absolute Gasteiger partial charge is 0.311 e. The molecule has 0 amide bonds. The second-order valence-electron chi connectivity index (χ2n) is 9.46. The first-order valence-corrected chi connectivity index (χ1v) is 13.8. The maximum absolute atomic E-state index is 4.10. The van der Waals surface area contributed by atoms with Crippen LogP contribution in [0.2, 0.25) is 0 Å². The molecule has 0 fully saturated rings. The first-order chi connectivity index (χ1) is 17.3. The Balaban J connectivity index is 1.54. The summed E-state index contributed by atoms with van der Waals surface area (Å²) in [6.45, 7) is 14.9. The predicted octanol–water partition coefficient (Wildman–Crippen LogP) is 10.9. The third kappa shape index (κ3) is 4.82. The zero-order chi connectivity index (χ0) is 25.4. The van der Waals surface area contributed by atoms with Crippen LogP contribution >= 0.6 is 22.7 Å². The van der Waals surface area contributed by atoms with Gasteiger partial charge in [0.25, 0.3) is 0 Å². The molecule has 0 saturated carbocycles. The molecule has 0 radical (unpaired) electrons. The highest BCUT2D eigenvalue weighted by molar-refractivity contribution is 7.15. The molecule has 2 heterocycles. The number of hydrogen-bond donors (Lipinski definition) is 0. The molecule has 1 nitrogen and oxygen atoms in total. The molecule has 3 aromatic carbocycles. The lowest BCUT2D eigenvalue weighted by Gasteiger charge is -2.26. The van der Waals surface area contributed by atoms with Crippen molar-refractivity contribution in [3.63, 3.8) is 0 Å². The van der Waals surface area contributed by atoms with E-state index in [1.165, 1.54) is 41.8 Å². The lowest BCUT2D eigenvalue weighted by atomic mass is 10.1. The first-order valence-electron chi connectivity index (χ1n) is 12.2. The molecular weight excluding hydrogens is 475 g/mol. The van der Waals surface area contributed by atoms with Gasteiger partial charge in [0.2, 0.25) is 0 Å². The molecule has 0 saturated heterocycles. The molecule has 0 aliphatic rings. The Bertz CT molecular complexity index is 1390. The third-order valence-electron chi connectivity index (χ3n) is 6.77. The first kappa shape index (κ1) is 24.3. The standard InChI is InChI=1S/C33H31NS2/c1-21(2)26-7-13-29(14-8-26)34(30-15-9-27(10-16-30)32-19-22(3)24(5)35-32)31-17-11-28(12-18-31)33-20-23(4)25(6)36-33/h7-20H,1H2,2-6H3. The van der Waals surface area contributed by atoms with E-state index in [0.717, 1.165) is 28.2 Å². The fourth-order valence-electron chi connectivity index (χ4n) is 4.32. The topological polar surface area (TPSA) is 3.24 Å². The average Bonchev–Trinajstić information content (AvgIpc) is 3.40. The van der Waals surface area contributed by atoms with Crippen molar-refractivity contribution in [3.05, 3.63) is 118 Å². The summed E-state index contributed by atoms with van der Waals surface area (Å²) in [7, 11) is 0. The summed E-state index contributed by atoms with van der Waals surface area (Å²) in [6.07, 6.45) is 0. The van der Waals surface area contributed by atoms with E-state index < -0.39 is 0 Å². The van der Waals surface area contributed by atoms with Gasteiger partial charge in [-0.1, -0.05) is 48.6 Å². The summed E-state index contributed by atoms with van der Waals surface area (Å²) in [5.41, 5.74) is 10.9. The van der Waals surface area contributed by atoms with E-state index in [2.05, 4.69) is 124 Å². The summed E-state index contributed by atoms with van der Waals surface area (Å²) in [5.74, 6) is 0. The highest BCUT2D eigenvalue weighted by Gasteiger charge is 2.14. The summed E-state index contributed by atoms with van der Waals surface area (Å²) in [6, 6.07) is 31.1. The van der Waals surface area contributed by atoms with Gasteiger partial charge in [-0.3, -0.25) is 0 Å². The highest BCUT2D eigenvalue weighted by atomic mass is 32.1. The molecule has 0 N–H and O–H groups in total. The molecule has 5 rings (SSSR count). The third-order valence-corrected chi connectivity index (χ3v) is 9.17. The number of nitrogens with zero attached hydrogens (tertiary/aromatic N) is 1. The Hall–Kier alpha value is -3.40. The van der Waals surface area contributed by atoms with Crippen LogP contribution in [0.5, 0.6) is 0 Å². The number of hydrogen-bond acceptors (Lipinski definition) is 3. The zero-order valence-corrected chi connectivity index (χ0v) is 23.2. The van der Waals surface area contributed by atoms with Gasteiger partial charge in [0.15, 0.2) is 0 Å². The lowest BCUT2D eigenvalue weighted by molar-refractivity contribution is 1.28. The number of benzene rings is 3. The van der Waals surface area contributed by atoms with Crippen LogP contribution in [-0.4, -0.2) is 0 Å².